The van der Waals surface area contributed by atoms with Gasteiger partial charge in [0.05, 0.1) is 6.61 Å². The van der Waals surface area contributed by atoms with Crippen LogP contribution in [0.25, 0.3) is 0 Å². The van der Waals surface area contributed by atoms with Crippen molar-refractivity contribution in [3.63, 3.8) is 0 Å². The van der Waals surface area contributed by atoms with Gasteiger partial charge in [0.1, 0.15) is 0 Å². The highest BCUT2D eigenvalue weighted by atomic mass is 16.5. The number of hydrogen-bond donors (Lipinski definition) is 1. The smallest absolute Gasteiger partial charge is 0.305 e. The van der Waals surface area contributed by atoms with Gasteiger partial charge in [-0.2, -0.15) is 0 Å². The Bertz CT molecular complexity index is 237. The summed E-state index contributed by atoms with van der Waals surface area (Å²) in [6, 6.07) is 0. The maximum Gasteiger partial charge on any atom is 0.305 e. The van der Waals surface area contributed by atoms with Crippen LogP contribution in [-0.2, 0) is 14.3 Å². The van der Waals surface area contributed by atoms with Crippen LogP contribution in [0.4, 0.5) is 0 Å². The molecule has 1 aliphatic rings. The highest BCUT2D eigenvalue weighted by Crippen LogP contribution is 2.19. The molecule has 0 saturated carbocycles. The molecule has 1 rings (SSSR count). The zero-order valence-electron chi connectivity index (χ0n) is 11.8. The van der Waals surface area contributed by atoms with E-state index in [1.165, 1.54) is 0 Å². The van der Waals surface area contributed by atoms with Crippen LogP contribution in [0.1, 0.15) is 52.4 Å². The molecule has 18 heavy (non-hydrogen) atoms. The third kappa shape index (κ3) is 6.36. The number of nitrogens with one attached hydrogen (secondary N) is 1. The number of carbonyl (C=O) groups excluding carboxylic acids is 1. The van der Waals surface area contributed by atoms with Crippen molar-refractivity contribution in [2.45, 2.75) is 57.9 Å². The van der Waals surface area contributed by atoms with E-state index < -0.39 is 0 Å². The molecule has 0 spiro atoms. The van der Waals surface area contributed by atoms with Gasteiger partial charge in [-0.3, -0.25) is 4.79 Å². The molecule has 0 amide bonds. The topological polar surface area (TPSA) is 47.6 Å². The van der Waals surface area contributed by atoms with E-state index in [1.807, 2.05) is 6.92 Å². The maximum absolute atomic E-state index is 11.1. The van der Waals surface area contributed by atoms with E-state index >= 15 is 0 Å². The Morgan fingerprint density at radius 1 is 1.28 bits per heavy atom. The molecule has 0 aromatic carbocycles. The number of ether oxygens (including phenoxy) is 2. The summed E-state index contributed by atoms with van der Waals surface area (Å²) in [7, 11) is 0. The number of unbranched alkanes of at least 4 members (excludes halogenated alkanes) is 2. The number of rotatable bonds is 8. The van der Waals surface area contributed by atoms with Crippen LogP contribution in [0.5, 0.6) is 0 Å². The lowest BCUT2D eigenvalue weighted by Crippen LogP contribution is -2.47. The summed E-state index contributed by atoms with van der Waals surface area (Å²) in [5, 5.41) is 3.62. The van der Waals surface area contributed by atoms with Crippen molar-refractivity contribution in [3.8, 4) is 0 Å². The highest BCUT2D eigenvalue weighted by Gasteiger charge is 2.25. The zero-order valence-corrected chi connectivity index (χ0v) is 11.8. The summed E-state index contributed by atoms with van der Waals surface area (Å²) in [6.07, 6.45) is 5.87. The van der Waals surface area contributed by atoms with Crippen LogP contribution in [0.15, 0.2) is 0 Å². The molecule has 0 aliphatic carbocycles. The van der Waals surface area contributed by atoms with E-state index in [1.54, 1.807) is 0 Å². The average molecular weight is 257 g/mol. The van der Waals surface area contributed by atoms with Crippen molar-refractivity contribution in [1.29, 1.82) is 0 Å². The second kappa shape index (κ2) is 8.48. The van der Waals surface area contributed by atoms with Gasteiger partial charge in [0.25, 0.3) is 0 Å². The number of esters is 1. The second-order valence-corrected chi connectivity index (χ2v) is 5.22. The summed E-state index contributed by atoms with van der Waals surface area (Å²) < 4.78 is 10.3. The fraction of sp³-hybridized carbons (Fsp3) is 0.929. The van der Waals surface area contributed by atoms with Gasteiger partial charge in [-0.1, -0.05) is 6.42 Å². The molecule has 0 aromatic heterocycles. The van der Waals surface area contributed by atoms with Gasteiger partial charge >= 0.3 is 5.97 Å². The lowest BCUT2D eigenvalue weighted by Gasteiger charge is -2.34. The predicted molar refractivity (Wildman–Crippen MR) is 71.6 cm³/mol. The van der Waals surface area contributed by atoms with E-state index in [2.05, 4.69) is 12.2 Å². The first-order valence-corrected chi connectivity index (χ1v) is 7.15. The SMILES string of the molecule is CCOC(=O)CCCCCNC1(C)CCOCC1. The largest absolute Gasteiger partial charge is 0.466 e. The first-order valence-electron chi connectivity index (χ1n) is 7.15. The molecule has 0 radical (unpaired) electrons. The first-order chi connectivity index (χ1) is 8.66. The van der Waals surface area contributed by atoms with Crippen molar-refractivity contribution < 1.29 is 14.3 Å². The quantitative estimate of drug-likeness (QED) is 0.535. The normalized spacial score (nSPS) is 18.6. The Hall–Kier alpha value is -0.610. The third-order valence-corrected chi connectivity index (χ3v) is 3.51. The van der Waals surface area contributed by atoms with Gasteiger partial charge < -0.3 is 14.8 Å². The van der Waals surface area contributed by atoms with Crippen LogP contribution in [0, 0.1) is 0 Å². The van der Waals surface area contributed by atoms with Gasteiger partial charge in [0, 0.05) is 25.2 Å². The summed E-state index contributed by atoms with van der Waals surface area (Å²) >= 11 is 0. The lowest BCUT2D eigenvalue weighted by atomic mass is 9.92. The van der Waals surface area contributed by atoms with Gasteiger partial charge in [-0.25, -0.2) is 0 Å². The fourth-order valence-electron chi connectivity index (χ4n) is 2.19. The molecule has 0 bridgehead atoms. The summed E-state index contributed by atoms with van der Waals surface area (Å²) in [5.41, 5.74) is 0.249. The molecule has 0 unspecified atom stereocenters. The summed E-state index contributed by atoms with van der Waals surface area (Å²) in [6.45, 7) is 7.36. The summed E-state index contributed by atoms with van der Waals surface area (Å²) in [4.78, 5) is 11.1. The summed E-state index contributed by atoms with van der Waals surface area (Å²) in [5.74, 6) is -0.0677. The van der Waals surface area contributed by atoms with Crippen LogP contribution in [-0.4, -0.2) is 37.9 Å². The van der Waals surface area contributed by atoms with E-state index in [-0.39, 0.29) is 11.5 Å². The monoisotopic (exact) mass is 257 g/mol. The molecule has 4 nitrogen and oxygen atoms in total. The van der Waals surface area contributed by atoms with Gasteiger partial charge in [-0.15, -0.1) is 0 Å². The van der Waals surface area contributed by atoms with Crippen molar-refractivity contribution in [1.82, 2.24) is 5.32 Å². The molecule has 0 atom stereocenters. The minimum Gasteiger partial charge on any atom is -0.466 e. The molecule has 1 saturated heterocycles. The molecule has 4 heteroatoms. The van der Waals surface area contributed by atoms with Crippen LogP contribution < -0.4 is 5.32 Å². The van der Waals surface area contributed by atoms with E-state index in [0.29, 0.717) is 13.0 Å². The maximum atomic E-state index is 11.1. The zero-order chi connectivity index (χ0) is 13.3. The number of hydrogen-bond acceptors (Lipinski definition) is 4. The van der Waals surface area contributed by atoms with Crippen molar-refractivity contribution in [2.24, 2.45) is 0 Å². The van der Waals surface area contributed by atoms with Gasteiger partial charge in [0.2, 0.25) is 0 Å². The van der Waals surface area contributed by atoms with Crippen molar-refractivity contribution >= 4 is 5.97 Å². The minimum absolute atomic E-state index is 0.0677. The Balaban J connectivity index is 1.96. The highest BCUT2D eigenvalue weighted by molar-refractivity contribution is 5.69. The molecule has 0 aromatic rings. The van der Waals surface area contributed by atoms with Crippen LogP contribution in [0.2, 0.25) is 0 Å². The third-order valence-electron chi connectivity index (χ3n) is 3.51. The van der Waals surface area contributed by atoms with E-state index in [0.717, 1.165) is 51.9 Å². The number of carbonyl (C=O) groups is 1. The van der Waals surface area contributed by atoms with Crippen LogP contribution >= 0.6 is 0 Å². The molecular formula is C14H27NO3. The van der Waals surface area contributed by atoms with E-state index in [4.69, 9.17) is 9.47 Å². The van der Waals surface area contributed by atoms with Crippen molar-refractivity contribution in [2.75, 3.05) is 26.4 Å². The molecule has 1 heterocycles. The lowest BCUT2D eigenvalue weighted by molar-refractivity contribution is -0.143. The predicted octanol–water partition coefficient (Wildman–Crippen LogP) is 2.27. The molecule has 1 fully saturated rings. The van der Waals surface area contributed by atoms with Crippen molar-refractivity contribution in [3.05, 3.63) is 0 Å². The Morgan fingerprint density at radius 2 is 2.00 bits per heavy atom. The second-order valence-electron chi connectivity index (χ2n) is 5.22. The standard InChI is InChI=1S/C14H27NO3/c1-3-18-13(16)7-5-4-6-10-15-14(2)8-11-17-12-9-14/h15H,3-12H2,1-2H3. The molecule has 1 aliphatic heterocycles. The van der Waals surface area contributed by atoms with Gasteiger partial charge in [0.15, 0.2) is 0 Å². The van der Waals surface area contributed by atoms with Crippen LogP contribution in [0.3, 0.4) is 0 Å². The molecular weight excluding hydrogens is 230 g/mol. The minimum atomic E-state index is -0.0677. The molecule has 1 N–H and O–H groups in total. The Morgan fingerprint density at radius 3 is 2.67 bits per heavy atom. The fourth-order valence-corrected chi connectivity index (χ4v) is 2.19. The Labute approximate surface area is 110 Å². The molecule has 106 valence electrons. The van der Waals surface area contributed by atoms with E-state index in [9.17, 15) is 4.79 Å². The average Bonchev–Trinajstić information content (AvgIpc) is 2.35. The Kier molecular flexibility index (Phi) is 7.28. The van der Waals surface area contributed by atoms with Gasteiger partial charge in [-0.05, 0) is 46.1 Å². The first kappa shape index (κ1) is 15.4.